The van der Waals surface area contributed by atoms with Gasteiger partial charge < -0.3 is 0 Å². The molecule has 0 aromatic heterocycles. The predicted octanol–water partition coefficient (Wildman–Crippen LogP) is 7.60. The summed E-state index contributed by atoms with van der Waals surface area (Å²) in [6, 6.07) is 17.5. The minimum absolute atomic E-state index is 0.232. The first-order valence-corrected chi connectivity index (χ1v) is 11.2. The number of allylic oxidation sites excluding steroid dienone is 6. The number of benzene rings is 2. The molecule has 0 unspecified atom stereocenters. The van der Waals surface area contributed by atoms with Crippen molar-refractivity contribution < 1.29 is 0 Å². The van der Waals surface area contributed by atoms with Gasteiger partial charge in [-0.25, -0.2) is 3.15 Å². The van der Waals surface area contributed by atoms with Crippen LogP contribution in [0.3, 0.4) is 0 Å². The third-order valence-corrected chi connectivity index (χ3v) is 6.46. The monoisotopic (exact) mass is 463 g/mol. The zero-order valence-corrected chi connectivity index (χ0v) is 17.8. The highest BCUT2D eigenvalue weighted by atomic mass is 127. The molecular formula is C25H22IN. The average Bonchev–Trinajstić information content (AvgIpc) is 2.98. The van der Waals surface area contributed by atoms with E-state index in [2.05, 4.69) is 91.0 Å². The molecule has 0 radical (unpaired) electrons. The molecule has 0 atom stereocenters. The van der Waals surface area contributed by atoms with Crippen molar-refractivity contribution in [2.24, 2.45) is 3.15 Å². The molecule has 1 aliphatic carbocycles. The Morgan fingerprint density at radius 1 is 0.963 bits per heavy atom. The first-order chi connectivity index (χ1) is 13.1. The van der Waals surface area contributed by atoms with Gasteiger partial charge in [-0.2, -0.15) is 0 Å². The summed E-state index contributed by atoms with van der Waals surface area (Å²) in [5.74, 6) is 0. The van der Waals surface area contributed by atoms with E-state index < -0.39 is 5.41 Å². The molecule has 0 N–H and O–H groups in total. The smallest absolute Gasteiger partial charge is 0.0731 e. The van der Waals surface area contributed by atoms with Gasteiger partial charge in [0, 0.05) is 27.2 Å². The van der Waals surface area contributed by atoms with Crippen LogP contribution < -0.4 is 0 Å². The fourth-order valence-corrected chi connectivity index (χ4v) is 5.46. The van der Waals surface area contributed by atoms with Crippen molar-refractivity contribution in [3.63, 3.8) is 0 Å². The molecule has 1 nitrogen and oxygen atoms in total. The summed E-state index contributed by atoms with van der Waals surface area (Å²) >= 11 is -0.232. The largest absolute Gasteiger partial charge is 0.230 e. The van der Waals surface area contributed by atoms with Gasteiger partial charge in [-0.15, -0.1) is 0 Å². The van der Waals surface area contributed by atoms with Crippen molar-refractivity contribution in [3.8, 4) is 11.1 Å². The van der Waals surface area contributed by atoms with Crippen molar-refractivity contribution >= 4 is 21.0 Å². The minimum atomic E-state index is -0.401. The Labute approximate surface area is 171 Å². The van der Waals surface area contributed by atoms with Gasteiger partial charge >= 0.3 is 0 Å². The molecule has 27 heavy (non-hydrogen) atoms. The molecule has 1 heterocycles. The summed E-state index contributed by atoms with van der Waals surface area (Å²) in [4.78, 5) is 0. The van der Waals surface area contributed by atoms with E-state index in [9.17, 15) is 0 Å². The van der Waals surface area contributed by atoms with Crippen molar-refractivity contribution in [3.05, 3.63) is 118 Å². The summed E-state index contributed by atoms with van der Waals surface area (Å²) in [5.41, 5.74) is 9.26. The van der Waals surface area contributed by atoms with Crippen molar-refractivity contribution in [2.75, 3.05) is 0 Å². The van der Waals surface area contributed by atoms with Crippen LogP contribution in [-0.2, 0) is 5.41 Å². The lowest BCUT2D eigenvalue weighted by Crippen LogP contribution is -2.31. The molecule has 0 amide bonds. The fourth-order valence-electron chi connectivity index (χ4n) is 4.26. The topological polar surface area (TPSA) is 12.4 Å². The molecule has 0 saturated carbocycles. The Bertz CT molecular complexity index is 1030. The Morgan fingerprint density at radius 3 is 2.04 bits per heavy atom. The minimum Gasteiger partial charge on any atom is -0.230 e. The lowest BCUT2D eigenvalue weighted by atomic mass is 9.65. The van der Waals surface area contributed by atoms with Crippen molar-refractivity contribution in [1.29, 1.82) is 0 Å². The Balaban J connectivity index is 2.20. The average molecular weight is 463 g/mol. The number of nitrogens with zero attached hydrogens (tertiary/aromatic N) is 1. The first-order valence-electron chi connectivity index (χ1n) is 9.00. The summed E-state index contributed by atoms with van der Waals surface area (Å²) in [5, 5.41) is 0. The van der Waals surface area contributed by atoms with Crippen molar-refractivity contribution in [2.45, 2.75) is 19.3 Å². The van der Waals surface area contributed by atoms with Gasteiger partial charge in [0.2, 0.25) is 0 Å². The highest BCUT2D eigenvalue weighted by Gasteiger charge is 2.48. The van der Waals surface area contributed by atoms with Crippen LogP contribution in [-0.4, -0.2) is 0 Å². The molecule has 0 saturated heterocycles. The van der Waals surface area contributed by atoms with Crippen LogP contribution in [0, 0.1) is 0 Å². The molecule has 0 bridgehead atoms. The third-order valence-electron chi connectivity index (χ3n) is 5.18. The summed E-state index contributed by atoms with van der Waals surface area (Å²) < 4.78 is 6.94. The van der Waals surface area contributed by atoms with Crippen LogP contribution in [0.25, 0.3) is 11.1 Å². The fraction of sp³-hybridized carbons (Fsp3) is 0.120. The zero-order valence-electron chi connectivity index (χ0n) is 15.7. The van der Waals surface area contributed by atoms with Crippen LogP contribution in [0.1, 0.15) is 25.0 Å². The van der Waals surface area contributed by atoms with Gasteiger partial charge in [0.05, 0.1) is 5.41 Å². The van der Waals surface area contributed by atoms with Crippen LogP contribution in [0.2, 0.25) is 0 Å². The Morgan fingerprint density at radius 2 is 1.56 bits per heavy atom. The van der Waals surface area contributed by atoms with Gasteiger partial charge in [0.15, 0.2) is 0 Å². The molecule has 2 aromatic rings. The highest BCUT2D eigenvalue weighted by molar-refractivity contribution is 14.2. The maximum Gasteiger partial charge on any atom is 0.0731 e. The lowest BCUT2D eigenvalue weighted by molar-refractivity contribution is 0.750. The second-order valence-electron chi connectivity index (χ2n) is 7.10. The maximum atomic E-state index is 4.70. The van der Waals surface area contributed by atoms with E-state index in [1.54, 1.807) is 0 Å². The third kappa shape index (κ3) is 2.74. The number of fused-ring (bicyclic) bond motifs is 3. The summed E-state index contributed by atoms with van der Waals surface area (Å²) in [6.07, 6.45) is 6.55. The quantitative estimate of drug-likeness (QED) is 0.327. The van der Waals surface area contributed by atoms with E-state index in [0.29, 0.717) is 0 Å². The van der Waals surface area contributed by atoms with E-state index in [1.165, 1.54) is 33.4 Å². The molecule has 1 aliphatic heterocycles. The number of hydrogen-bond donors (Lipinski definition) is 0. The van der Waals surface area contributed by atoms with Crippen LogP contribution in [0.15, 0.2) is 110 Å². The van der Waals surface area contributed by atoms with Gasteiger partial charge in [0.25, 0.3) is 0 Å². The standard InChI is InChI=1S/C25H22IN/c1-17(2)15-24(18(3)4)25(19-13-14-26-27-16-19)22-11-7-5-9-20(22)21-10-6-8-12-23(21)25/h5-16H,1,3H2,2,4H3/b24-15+. The molecule has 0 fully saturated rings. The number of hydrogen-bond acceptors (Lipinski definition) is 1. The van der Waals surface area contributed by atoms with Gasteiger partial charge in [-0.1, -0.05) is 78.9 Å². The highest BCUT2D eigenvalue weighted by Crippen LogP contribution is 2.58. The second-order valence-corrected chi connectivity index (χ2v) is 8.93. The first kappa shape index (κ1) is 18.1. The van der Waals surface area contributed by atoms with Gasteiger partial charge in [-0.05, 0) is 57.4 Å². The van der Waals surface area contributed by atoms with Crippen LogP contribution >= 0.6 is 21.0 Å². The van der Waals surface area contributed by atoms with Gasteiger partial charge in [0.1, 0.15) is 0 Å². The molecule has 2 heteroatoms. The molecule has 2 aliphatic rings. The predicted molar refractivity (Wildman–Crippen MR) is 124 cm³/mol. The maximum absolute atomic E-state index is 4.70. The lowest BCUT2D eigenvalue weighted by Gasteiger charge is -2.37. The molecular weight excluding hydrogens is 441 g/mol. The molecule has 4 rings (SSSR count). The van der Waals surface area contributed by atoms with Crippen molar-refractivity contribution in [1.82, 2.24) is 0 Å². The van der Waals surface area contributed by atoms with Crippen LogP contribution in [0.5, 0.6) is 0 Å². The number of halogens is 1. The SMILES string of the molecule is C=C(C)/C=C(\C(=C)C)C1(C2=CN=IC=C2)c2ccccc2-c2ccccc21. The zero-order chi connectivity index (χ0) is 19.0. The van der Waals surface area contributed by atoms with E-state index in [-0.39, 0.29) is 21.0 Å². The Hall–Kier alpha value is -2.33. The number of rotatable bonds is 4. The summed E-state index contributed by atoms with van der Waals surface area (Å²) in [7, 11) is 0. The molecule has 134 valence electrons. The normalized spacial score (nSPS) is 16.8. The van der Waals surface area contributed by atoms with E-state index >= 15 is 0 Å². The molecule has 0 spiro atoms. The van der Waals surface area contributed by atoms with Gasteiger partial charge in [-0.3, -0.25) is 0 Å². The molecule has 2 aromatic carbocycles. The van der Waals surface area contributed by atoms with E-state index in [0.717, 1.165) is 11.1 Å². The van der Waals surface area contributed by atoms with E-state index in [4.69, 9.17) is 3.15 Å². The van der Waals surface area contributed by atoms with E-state index in [1.807, 2.05) is 6.92 Å². The second kappa shape index (κ2) is 7.01. The summed E-state index contributed by atoms with van der Waals surface area (Å²) in [6.45, 7) is 12.7. The Kier molecular flexibility index (Phi) is 4.68. The van der Waals surface area contributed by atoms with Crippen LogP contribution in [0.4, 0.5) is 0 Å².